The van der Waals surface area contributed by atoms with Crippen molar-refractivity contribution < 1.29 is 19.4 Å². The summed E-state index contributed by atoms with van der Waals surface area (Å²) in [4.78, 5) is 18.1. The number of hydrogen-bond acceptors (Lipinski definition) is 6. The number of methoxy groups -OCH3 is 1. The Morgan fingerprint density at radius 3 is 2.83 bits per heavy atom. The molecule has 7 nitrogen and oxygen atoms in total. The molecule has 1 fully saturated rings. The number of benzene rings is 1. The number of hydrogen-bond donors (Lipinski definition) is 1. The molecule has 1 saturated heterocycles. The Kier molecular flexibility index (Phi) is 6.30. The van der Waals surface area contributed by atoms with Crippen LogP contribution in [0.3, 0.4) is 0 Å². The SMILES string of the molecule is COc1cc(S[C@H](C[C@H]2COC(C)(C)N2C(=O)O)c2ccccc2)c(C#N)cn1. The Morgan fingerprint density at radius 1 is 1.48 bits per heavy atom. The molecular formula is C21H23N3O4S. The van der Waals surface area contributed by atoms with Gasteiger partial charge in [0.2, 0.25) is 5.88 Å². The van der Waals surface area contributed by atoms with Crippen LogP contribution in [-0.4, -0.2) is 46.6 Å². The summed E-state index contributed by atoms with van der Waals surface area (Å²) in [5.74, 6) is 0.427. The summed E-state index contributed by atoms with van der Waals surface area (Å²) in [7, 11) is 1.53. The maximum absolute atomic E-state index is 11.9. The van der Waals surface area contributed by atoms with Crippen molar-refractivity contribution in [1.29, 1.82) is 5.26 Å². The van der Waals surface area contributed by atoms with E-state index in [0.717, 1.165) is 10.5 Å². The molecule has 0 bridgehead atoms. The van der Waals surface area contributed by atoms with Gasteiger partial charge < -0.3 is 14.6 Å². The number of carbonyl (C=O) groups is 1. The quantitative estimate of drug-likeness (QED) is 0.705. The Labute approximate surface area is 174 Å². The highest BCUT2D eigenvalue weighted by Crippen LogP contribution is 2.43. The van der Waals surface area contributed by atoms with Crippen molar-refractivity contribution in [3.05, 3.63) is 53.7 Å². The van der Waals surface area contributed by atoms with Gasteiger partial charge in [0.1, 0.15) is 11.8 Å². The van der Waals surface area contributed by atoms with Crippen LogP contribution < -0.4 is 4.74 Å². The maximum atomic E-state index is 11.9. The van der Waals surface area contributed by atoms with Crippen LogP contribution in [0.5, 0.6) is 5.88 Å². The number of ether oxygens (including phenoxy) is 2. The Bertz CT molecular complexity index is 914. The maximum Gasteiger partial charge on any atom is 0.409 e. The number of rotatable bonds is 6. The van der Waals surface area contributed by atoms with Gasteiger partial charge in [0.15, 0.2) is 0 Å². The number of aromatic nitrogens is 1. The molecule has 0 aliphatic carbocycles. The first-order chi connectivity index (χ1) is 13.9. The zero-order valence-electron chi connectivity index (χ0n) is 16.5. The summed E-state index contributed by atoms with van der Waals surface area (Å²) in [6, 6.07) is 13.5. The van der Waals surface area contributed by atoms with E-state index in [1.807, 2.05) is 30.3 Å². The summed E-state index contributed by atoms with van der Waals surface area (Å²) in [6.45, 7) is 3.84. The van der Waals surface area contributed by atoms with Crippen LogP contribution in [0.4, 0.5) is 4.79 Å². The number of pyridine rings is 1. The Hall–Kier alpha value is -2.76. The van der Waals surface area contributed by atoms with E-state index < -0.39 is 11.8 Å². The van der Waals surface area contributed by atoms with Crippen molar-refractivity contribution in [3.63, 3.8) is 0 Å². The van der Waals surface area contributed by atoms with Crippen LogP contribution in [0.2, 0.25) is 0 Å². The predicted molar refractivity (Wildman–Crippen MR) is 109 cm³/mol. The van der Waals surface area contributed by atoms with Crippen molar-refractivity contribution in [2.24, 2.45) is 0 Å². The van der Waals surface area contributed by atoms with Gasteiger partial charge in [-0.2, -0.15) is 5.26 Å². The van der Waals surface area contributed by atoms with Gasteiger partial charge in [-0.05, 0) is 25.8 Å². The molecule has 0 unspecified atom stereocenters. The van der Waals surface area contributed by atoms with Gasteiger partial charge in [-0.3, -0.25) is 4.90 Å². The van der Waals surface area contributed by atoms with Crippen molar-refractivity contribution in [1.82, 2.24) is 9.88 Å². The minimum atomic E-state index is -1.00. The number of nitriles is 1. The summed E-state index contributed by atoms with van der Waals surface area (Å²) in [5, 5.41) is 19.1. The third-order valence-corrected chi connectivity index (χ3v) is 6.22. The van der Waals surface area contributed by atoms with E-state index in [0.29, 0.717) is 24.5 Å². The van der Waals surface area contributed by atoms with Gasteiger partial charge in [0.05, 0.1) is 25.3 Å². The predicted octanol–water partition coefficient (Wildman–Crippen LogP) is 4.30. The lowest BCUT2D eigenvalue weighted by molar-refractivity contribution is -0.0421. The molecule has 29 heavy (non-hydrogen) atoms. The molecule has 1 aromatic carbocycles. The average Bonchev–Trinajstić information content (AvgIpc) is 3.02. The second kappa shape index (κ2) is 8.72. The van der Waals surface area contributed by atoms with Crippen LogP contribution in [-0.2, 0) is 4.74 Å². The fourth-order valence-corrected chi connectivity index (χ4v) is 4.79. The van der Waals surface area contributed by atoms with Gasteiger partial charge in [-0.1, -0.05) is 30.3 Å². The molecule has 1 amide bonds. The van der Waals surface area contributed by atoms with Crippen molar-refractivity contribution in [2.45, 2.75) is 42.2 Å². The number of nitrogens with zero attached hydrogens (tertiary/aromatic N) is 3. The van der Waals surface area contributed by atoms with E-state index in [1.165, 1.54) is 30.0 Å². The molecule has 0 spiro atoms. The summed E-state index contributed by atoms with van der Waals surface area (Å²) >= 11 is 1.51. The van der Waals surface area contributed by atoms with Crippen LogP contribution in [0.15, 0.2) is 47.5 Å². The lowest BCUT2D eigenvalue weighted by Gasteiger charge is -2.32. The molecule has 2 heterocycles. The fourth-order valence-electron chi connectivity index (χ4n) is 3.48. The molecule has 1 aromatic heterocycles. The van der Waals surface area contributed by atoms with Crippen LogP contribution in [0.25, 0.3) is 0 Å². The van der Waals surface area contributed by atoms with Gasteiger partial charge in [0, 0.05) is 22.4 Å². The van der Waals surface area contributed by atoms with Crippen molar-refractivity contribution >= 4 is 17.9 Å². The normalized spacial score (nSPS) is 18.8. The highest BCUT2D eigenvalue weighted by atomic mass is 32.2. The summed E-state index contributed by atoms with van der Waals surface area (Å²) in [6.07, 6.45) is 1.03. The van der Waals surface area contributed by atoms with E-state index >= 15 is 0 Å². The second-order valence-corrected chi connectivity index (χ2v) is 8.40. The highest BCUT2D eigenvalue weighted by molar-refractivity contribution is 7.99. The van der Waals surface area contributed by atoms with Crippen LogP contribution in [0.1, 0.15) is 36.6 Å². The van der Waals surface area contributed by atoms with Gasteiger partial charge in [0.25, 0.3) is 0 Å². The number of amides is 1. The molecule has 152 valence electrons. The monoisotopic (exact) mass is 413 g/mol. The lowest BCUT2D eigenvalue weighted by atomic mass is 10.0. The standard InChI is InChI=1S/C21H23N3O4S/c1-21(2)24(20(25)26)16(13-28-21)9-17(14-7-5-4-6-8-14)29-18-10-19(27-3)23-12-15(18)11-22/h4-8,10,12,16-17H,9,13H2,1-3H3,(H,25,26)/t16-,17+/m0/s1. The van der Waals surface area contributed by atoms with Gasteiger partial charge in [-0.25, -0.2) is 9.78 Å². The molecule has 3 rings (SSSR count). The van der Waals surface area contributed by atoms with E-state index in [1.54, 1.807) is 19.9 Å². The first-order valence-electron chi connectivity index (χ1n) is 9.17. The molecule has 0 radical (unpaired) electrons. The van der Waals surface area contributed by atoms with Gasteiger partial charge in [-0.15, -0.1) is 11.8 Å². The first kappa shape index (κ1) is 21.0. The molecule has 1 N–H and O–H groups in total. The van der Waals surface area contributed by atoms with E-state index in [2.05, 4.69) is 11.1 Å². The Morgan fingerprint density at radius 2 is 2.21 bits per heavy atom. The number of carboxylic acid groups (broad SMARTS) is 1. The van der Waals surface area contributed by atoms with Crippen molar-refractivity contribution in [2.75, 3.05) is 13.7 Å². The molecule has 1 aliphatic rings. The zero-order chi connectivity index (χ0) is 21.0. The fraction of sp³-hybridized carbons (Fsp3) is 0.381. The van der Waals surface area contributed by atoms with E-state index in [4.69, 9.17) is 9.47 Å². The molecule has 0 saturated carbocycles. The zero-order valence-corrected chi connectivity index (χ0v) is 17.3. The highest BCUT2D eigenvalue weighted by Gasteiger charge is 2.44. The molecule has 8 heteroatoms. The Balaban J connectivity index is 1.93. The second-order valence-electron chi connectivity index (χ2n) is 7.15. The minimum Gasteiger partial charge on any atom is -0.481 e. The lowest BCUT2D eigenvalue weighted by Crippen LogP contribution is -2.47. The largest absolute Gasteiger partial charge is 0.481 e. The summed E-state index contributed by atoms with van der Waals surface area (Å²) in [5.41, 5.74) is 0.627. The molecule has 2 aromatic rings. The van der Waals surface area contributed by atoms with E-state index in [9.17, 15) is 15.2 Å². The smallest absolute Gasteiger partial charge is 0.409 e. The summed E-state index contributed by atoms with van der Waals surface area (Å²) < 4.78 is 11.0. The molecule has 1 aliphatic heterocycles. The topological polar surface area (TPSA) is 95.7 Å². The van der Waals surface area contributed by atoms with Crippen LogP contribution >= 0.6 is 11.8 Å². The first-order valence-corrected chi connectivity index (χ1v) is 10.1. The van der Waals surface area contributed by atoms with Gasteiger partial charge >= 0.3 is 6.09 Å². The average molecular weight is 413 g/mol. The number of thioether (sulfide) groups is 1. The van der Waals surface area contributed by atoms with Crippen molar-refractivity contribution in [3.8, 4) is 11.9 Å². The third kappa shape index (κ3) is 4.63. The third-order valence-electron chi connectivity index (χ3n) is 4.88. The minimum absolute atomic E-state index is 0.0836. The van der Waals surface area contributed by atoms with E-state index in [-0.39, 0.29) is 11.3 Å². The molecule has 2 atom stereocenters. The molecular weight excluding hydrogens is 390 g/mol. The van der Waals surface area contributed by atoms with Crippen LogP contribution in [0, 0.1) is 11.3 Å².